The van der Waals surface area contributed by atoms with Crippen LogP contribution in [0.5, 0.6) is 5.88 Å². The van der Waals surface area contributed by atoms with E-state index in [1.54, 1.807) is 12.4 Å². The Morgan fingerprint density at radius 2 is 1.92 bits per heavy atom. The molecule has 130 valence electrons. The van der Waals surface area contributed by atoms with Gasteiger partial charge in [-0.3, -0.25) is 0 Å². The van der Waals surface area contributed by atoms with E-state index in [9.17, 15) is 8.42 Å². The maximum Gasteiger partial charge on any atom is 0.310 e. The summed E-state index contributed by atoms with van der Waals surface area (Å²) >= 11 is 5.79. The Hall–Kier alpha value is -1.94. The number of anilines is 1. The summed E-state index contributed by atoms with van der Waals surface area (Å²) in [7, 11) is -3.59. The summed E-state index contributed by atoms with van der Waals surface area (Å²) in [4.78, 5) is 12.0. The zero-order valence-corrected chi connectivity index (χ0v) is 14.6. The molecule has 1 fully saturated rings. The molecular weight excluding hydrogens is 356 g/mol. The first-order valence-electron chi connectivity index (χ1n) is 7.53. The molecule has 0 aliphatic carbocycles. The van der Waals surface area contributed by atoms with Gasteiger partial charge in [0, 0.05) is 13.1 Å². The molecule has 0 N–H and O–H groups in total. The van der Waals surface area contributed by atoms with E-state index in [0.29, 0.717) is 11.0 Å². The van der Waals surface area contributed by atoms with Gasteiger partial charge in [0.2, 0.25) is 5.95 Å². The lowest BCUT2D eigenvalue weighted by Gasteiger charge is -2.31. The monoisotopic (exact) mass is 372 g/mol. The van der Waals surface area contributed by atoms with Crippen molar-refractivity contribution < 1.29 is 12.6 Å². The van der Waals surface area contributed by atoms with Crippen LogP contribution in [0.15, 0.2) is 18.6 Å². The molecule has 2 aromatic rings. The highest BCUT2D eigenvalue weighted by Crippen LogP contribution is 2.24. The van der Waals surface area contributed by atoms with Gasteiger partial charge in [-0.1, -0.05) is 11.6 Å². The molecule has 24 heavy (non-hydrogen) atoms. The number of rotatable bonds is 5. The third-order valence-corrected chi connectivity index (χ3v) is 5.06. The highest BCUT2D eigenvalue weighted by Gasteiger charge is 2.24. The van der Waals surface area contributed by atoms with Crippen LogP contribution in [-0.4, -0.2) is 52.2 Å². The molecule has 9 nitrogen and oxygen atoms in total. The first-order chi connectivity index (χ1) is 11.5. The van der Waals surface area contributed by atoms with Gasteiger partial charge in [0.15, 0.2) is 0 Å². The van der Waals surface area contributed by atoms with Crippen molar-refractivity contribution in [3.8, 4) is 5.88 Å². The van der Waals surface area contributed by atoms with Gasteiger partial charge < -0.3 is 9.08 Å². The molecule has 3 rings (SSSR count). The fourth-order valence-electron chi connectivity index (χ4n) is 2.43. The van der Waals surface area contributed by atoms with Gasteiger partial charge in [-0.15, -0.1) is 5.10 Å². The molecule has 3 heterocycles. The first kappa shape index (κ1) is 16.9. The lowest BCUT2D eigenvalue weighted by molar-refractivity contribution is 0.327. The molecule has 2 aromatic heterocycles. The number of piperidine rings is 1. The van der Waals surface area contributed by atoms with Crippen LogP contribution in [0.3, 0.4) is 0 Å². The van der Waals surface area contributed by atoms with Crippen molar-refractivity contribution in [2.24, 2.45) is 0 Å². The smallest absolute Gasteiger partial charge is 0.310 e. The minimum atomic E-state index is -3.59. The minimum Gasteiger partial charge on any atom is -0.358 e. The minimum absolute atomic E-state index is 0.000291. The van der Waals surface area contributed by atoms with Gasteiger partial charge in [0.05, 0.1) is 29.2 Å². The Bertz CT molecular complexity index is 786. The van der Waals surface area contributed by atoms with Gasteiger partial charge in [0.25, 0.3) is 5.88 Å². The van der Waals surface area contributed by atoms with Crippen LogP contribution in [0, 0.1) is 0 Å². The van der Waals surface area contributed by atoms with E-state index < -0.39 is 10.1 Å². The Balaban J connectivity index is 1.61. The van der Waals surface area contributed by atoms with Gasteiger partial charge in [-0.2, -0.15) is 18.3 Å². The van der Waals surface area contributed by atoms with Crippen LogP contribution < -0.4 is 9.08 Å². The Morgan fingerprint density at radius 1 is 1.25 bits per heavy atom. The van der Waals surface area contributed by atoms with Crippen molar-refractivity contribution in [2.45, 2.75) is 25.8 Å². The van der Waals surface area contributed by atoms with Gasteiger partial charge >= 0.3 is 10.1 Å². The third kappa shape index (κ3) is 3.93. The molecule has 1 saturated heterocycles. The quantitative estimate of drug-likeness (QED) is 0.723. The third-order valence-electron chi connectivity index (χ3n) is 3.73. The highest BCUT2D eigenvalue weighted by atomic mass is 35.5. The highest BCUT2D eigenvalue weighted by molar-refractivity contribution is 7.87. The standard InChI is InChI=1S/C13H17ClN6O3S/c1-2-24(21,22)23-12-9-17-20(18-12)11-3-5-19(6-4-11)13-15-7-10(14)8-16-13/h7-9,11H,2-6H2,1H3. The predicted octanol–water partition coefficient (Wildman–Crippen LogP) is 1.29. The number of hydrogen-bond donors (Lipinski definition) is 0. The van der Waals surface area contributed by atoms with Crippen molar-refractivity contribution in [1.29, 1.82) is 0 Å². The van der Waals surface area contributed by atoms with E-state index >= 15 is 0 Å². The summed E-state index contributed by atoms with van der Waals surface area (Å²) in [6, 6.07) is 0.0789. The molecule has 0 atom stereocenters. The molecule has 11 heteroatoms. The van der Waals surface area contributed by atoms with Crippen LogP contribution in [0.4, 0.5) is 5.95 Å². The Morgan fingerprint density at radius 3 is 2.54 bits per heavy atom. The van der Waals surface area contributed by atoms with E-state index in [1.165, 1.54) is 17.9 Å². The topological polar surface area (TPSA) is 103 Å². The van der Waals surface area contributed by atoms with Crippen LogP contribution >= 0.6 is 11.6 Å². The zero-order valence-electron chi connectivity index (χ0n) is 13.0. The molecule has 0 bridgehead atoms. The Kier molecular flexibility index (Phi) is 4.86. The summed E-state index contributed by atoms with van der Waals surface area (Å²) in [6.07, 6.45) is 6.05. The van der Waals surface area contributed by atoms with Gasteiger partial charge in [0.1, 0.15) is 6.20 Å². The maximum atomic E-state index is 11.4. The summed E-state index contributed by atoms with van der Waals surface area (Å²) in [5, 5.41) is 8.73. The van der Waals surface area contributed by atoms with Crippen molar-refractivity contribution in [1.82, 2.24) is 25.0 Å². The van der Waals surface area contributed by atoms with Crippen molar-refractivity contribution >= 4 is 27.7 Å². The molecule has 0 amide bonds. The zero-order chi connectivity index (χ0) is 17.2. The lowest BCUT2D eigenvalue weighted by atomic mass is 10.1. The summed E-state index contributed by atoms with van der Waals surface area (Å²) in [5.41, 5.74) is 0. The van der Waals surface area contributed by atoms with Crippen LogP contribution in [0.2, 0.25) is 5.02 Å². The van der Waals surface area contributed by atoms with E-state index in [1.807, 2.05) is 0 Å². The van der Waals surface area contributed by atoms with Crippen molar-refractivity contribution in [3.05, 3.63) is 23.6 Å². The van der Waals surface area contributed by atoms with Crippen LogP contribution in [0.25, 0.3) is 0 Å². The van der Waals surface area contributed by atoms with Crippen LogP contribution in [0.1, 0.15) is 25.8 Å². The van der Waals surface area contributed by atoms with Gasteiger partial charge in [-0.25, -0.2) is 9.97 Å². The molecule has 1 aliphatic heterocycles. The lowest BCUT2D eigenvalue weighted by Crippen LogP contribution is -2.36. The fraction of sp³-hybridized carbons (Fsp3) is 0.538. The number of hydrogen-bond acceptors (Lipinski definition) is 8. The SMILES string of the molecule is CCS(=O)(=O)Oc1cnn(C2CCN(c3ncc(Cl)cn3)CC2)n1. The second kappa shape index (κ2) is 6.89. The fourth-order valence-corrected chi connectivity index (χ4v) is 2.98. The summed E-state index contributed by atoms with van der Waals surface area (Å²) < 4.78 is 27.8. The molecule has 0 unspecified atom stereocenters. The van der Waals surface area contributed by atoms with Gasteiger partial charge in [-0.05, 0) is 19.8 Å². The molecule has 0 aromatic carbocycles. The summed E-state index contributed by atoms with van der Waals surface area (Å²) in [5.74, 6) is 0.531. The number of nitrogens with zero attached hydrogens (tertiary/aromatic N) is 6. The first-order valence-corrected chi connectivity index (χ1v) is 9.49. The van der Waals surface area contributed by atoms with E-state index in [2.05, 4.69) is 25.1 Å². The number of halogens is 1. The Labute approximate surface area is 144 Å². The number of aromatic nitrogens is 5. The molecule has 0 radical (unpaired) electrons. The summed E-state index contributed by atoms with van der Waals surface area (Å²) in [6.45, 7) is 3.00. The molecule has 0 saturated carbocycles. The maximum absolute atomic E-state index is 11.4. The van der Waals surface area contributed by atoms with Crippen molar-refractivity contribution in [3.63, 3.8) is 0 Å². The van der Waals surface area contributed by atoms with E-state index in [0.717, 1.165) is 25.9 Å². The van der Waals surface area contributed by atoms with E-state index in [-0.39, 0.29) is 17.7 Å². The van der Waals surface area contributed by atoms with E-state index in [4.69, 9.17) is 15.8 Å². The average Bonchev–Trinajstić information content (AvgIpc) is 3.03. The second-order valence-electron chi connectivity index (χ2n) is 5.35. The second-order valence-corrected chi connectivity index (χ2v) is 7.65. The molecule has 1 aliphatic rings. The predicted molar refractivity (Wildman–Crippen MR) is 87.6 cm³/mol. The normalized spacial score (nSPS) is 16.3. The molecular formula is C13H17ClN6O3S. The average molecular weight is 373 g/mol. The largest absolute Gasteiger partial charge is 0.358 e. The van der Waals surface area contributed by atoms with Crippen molar-refractivity contribution in [2.75, 3.05) is 23.7 Å². The molecule has 0 spiro atoms. The van der Waals surface area contributed by atoms with Crippen LogP contribution in [-0.2, 0) is 10.1 Å².